The normalized spacial score (nSPS) is 26.8. The first-order chi connectivity index (χ1) is 9.95. The molecule has 2 unspecified atom stereocenters. The lowest BCUT2D eigenvalue weighted by Gasteiger charge is -2.34. The van der Waals surface area contributed by atoms with E-state index in [4.69, 9.17) is 0 Å². The van der Waals surface area contributed by atoms with E-state index < -0.39 is 15.8 Å². The molecule has 0 saturated carbocycles. The van der Waals surface area contributed by atoms with Crippen molar-refractivity contribution in [1.82, 2.24) is 9.62 Å². The van der Waals surface area contributed by atoms with Crippen molar-refractivity contribution in [1.29, 1.82) is 0 Å². The van der Waals surface area contributed by atoms with E-state index >= 15 is 0 Å². The van der Waals surface area contributed by atoms with Gasteiger partial charge in [-0.2, -0.15) is 0 Å². The van der Waals surface area contributed by atoms with Crippen LogP contribution in [0.1, 0.15) is 25.7 Å². The summed E-state index contributed by atoms with van der Waals surface area (Å²) < 4.78 is 41.2. The largest absolute Gasteiger partial charge is 0.300 e. The first-order valence-electron chi connectivity index (χ1n) is 7.17. The molecule has 2 fully saturated rings. The second kappa shape index (κ2) is 5.95. The summed E-state index contributed by atoms with van der Waals surface area (Å²) in [5.74, 6) is -0.566. The molecule has 2 saturated heterocycles. The third-order valence-electron chi connectivity index (χ3n) is 4.34. The van der Waals surface area contributed by atoms with Gasteiger partial charge in [0.15, 0.2) is 0 Å². The molecule has 0 aromatic heterocycles. The minimum atomic E-state index is -3.66. The highest BCUT2D eigenvalue weighted by molar-refractivity contribution is 9.10. The Balaban J connectivity index is 1.72. The topological polar surface area (TPSA) is 49.4 Å². The quantitative estimate of drug-likeness (QED) is 0.881. The molecule has 2 aliphatic rings. The number of rotatable bonds is 3. The molecule has 21 heavy (non-hydrogen) atoms. The van der Waals surface area contributed by atoms with Gasteiger partial charge in [0.05, 0.1) is 9.37 Å². The number of halogens is 2. The molecule has 0 aliphatic carbocycles. The second-order valence-electron chi connectivity index (χ2n) is 5.75. The second-order valence-corrected chi connectivity index (χ2v) is 8.32. The average Bonchev–Trinajstić information content (AvgIpc) is 2.88. The highest BCUT2D eigenvalue weighted by Crippen LogP contribution is 2.28. The number of sulfonamides is 1. The van der Waals surface area contributed by atoms with Gasteiger partial charge >= 0.3 is 0 Å². The summed E-state index contributed by atoms with van der Waals surface area (Å²) in [6.45, 7) is 2.06. The van der Waals surface area contributed by atoms with Gasteiger partial charge in [-0.1, -0.05) is 0 Å². The molecule has 7 heteroatoms. The standard InChI is InChI=1S/C14H18BrFN2O2S/c15-13-4-3-12(9-14(13)16)21(19,20)17-10-5-7-18-6-1-2-11(18)8-10/h3-4,9-11,17H,1-2,5-8H2. The highest BCUT2D eigenvalue weighted by Gasteiger charge is 2.33. The van der Waals surface area contributed by atoms with Crippen molar-refractivity contribution < 1.29 is 12.8 Å². The van der Waals surface area contributed by atoms with Crippen LogP contribution in [0.25, 0.3) is 0 Å². The zero-order valence-corrected chi connectivity index (χ0v) is 14.0. The van der Waals surface area contributed by atoms with Gasteiger partial charge < -0.3 is 4.90 Å². The number of nitrogens with one attached hydrogen (secondary N) is 1. The van der Waals surface area contributed by atoms with Crippen LogP contribution in [0.4, 0.5) is 4.39 Å². The van der Waals surface area contributed by atoms with Crippen LogP contribution in [0.15, 0.2) is 27.6 Å². The molecular formula is C14H18BrFN2O2S. The summed E-state index contributed by atoms with van der Waals surface area (Å²) >= 11 is 3.03. The minimum Gasteiger partial charge on any atom is -0.300 e. The fourth-order valence-electron chi connectivity index (χ4n) is 3.26. The number of hydrogen-bond donors (Lipinski definition) is 1. The summed E-state index contributed by atoms with van der Waals surface area (Å²) in [7, 11) is -3.66. The van der Waals surface area contributed by atoms with Crippen molar-refractivity contribution in [2.24, 2.45) is 0 Å². The van der Waals surface area contributed by atoms with E-state index in [-0.39, 0.29) is 15.4 Å². The van der Waals surface area contributed by atoms with E-state index in [0.717, 1.165) is 38.4 Å². The predicted molar refractivity (Wildman–Crippen MR) is 82.0 cm³/mol. The van der Waals surface area contributed by atoms with E-state index in [1.54, 1.807) is 0 Å². The Labute approximate surface area is 132 Å². The van der Waals surface area contributed by atoms with Gasteiger partial charge in [-0.05, 0) is 72.9 Å². The first kappa shape index (κ1) is 15.4. The van der Waals surface area contributed by atoms with E-state index in [2.05, 4.69) is 25.6 Å². The third kappa shape index (κ3) is 3.31. The SMILES string of the molecule is O=S(=O)(NC1CCN2CCCC2C1)c1ccc(Br)c(F)c1. The van der Waals surface area contributed by atoms with Gasteiger partial charge in [0.2, 0.25) is 10.0 Å². The maximum absolute atomic E-state index is 13.5. The summed E-state index contributed by atoms with van der Waals surface area (Å²) in [5, 5.41) is 0. The van der Waals surface area contributed by atoms with Crippen LogP contribution in [0.5, 0.6) is 0 Å². The molecule has 116 valence electrons. The van der Waals surface area contributed by atoms with E-state index in [1.807, 2.05) is 0 Å². The van der Waals surface area contributed by atoms with Gasteiger partial charge in [0.1, 0.15) is 5.82 Å². The molecule has 2 aliphatic heterocycles. The van der Waals surface area contributed by atoms with Gasteiger partial charge in [-0.3, -0.25) is 0 Å². The smallest absolute Gasteiger partial charge is 0.240 e. The number of piperidine rings is 1. The molecule has 0 spiro atoms. The monoisotopic (exact) mass is 376 g/mol. The Bertz CT molecular complexity index is 638. The van der Waals surface area contributed by atoms with Crippen LogP contribution in [0.2, 0.25) is 0 Å². The number of benzene rings is 1. The van der Waals surface area contributed by atoms with Gasteiger partial charge in [-0.25, -0.2) is 17.5 Å². The molecule has 1 aromatic carbocycles. The first-order valence-corrected chi connectivity index (χ1v) is 9.45. The van der Waals surface area contributed by atoms with Crippen LogP contribution in [-0.4, -0.2) is 38.5 Å². The molecule has 3 rings (SSSR count). The summed E-state index contributed by atoms with van der Waals surface area (Å²) in [4.78, 5) is 2.42. The van der Waals surface area contributed by atoms with Crippen LogP contribution in [-0.2, 0) is 10.0 Å². The zero-order valence-electron chi connectivity index (χ0n) is 11.6. The molecule has 1 N–H and O–H groups in total. The fourth-order valence-corrected chi connectivity index (χ4v) is 4.80. The Morgan fingerprint density at radius 2 is 2.10 bits per heavy atom. The van der Waals surface area contributed by atoms with Crippen molar-refractivity contribution in [2.45, 2.75) is 42.7 Å². The van der Waals surface area contributed by atoms with Gasteiger partial charge in [-0.15, -0.1) is 0 Å². The maximum Gasteiger partial charge on any atom is 0.240 e. The Kier molecular flexibility index (Phi) is 4.36. The molecule has 1 aromatic rings. The highest BCUT2D eigenvalue weighted by atomic mass is 79.9. The zero-order chi connectivity index (χ0) is 15.0. The lowest BCUT2D eigenvalue weighted by atomic mass is 9.99. The summed E-state index contributed by atoms with van der Waals surface area (Å²) in [5.41, 5.74) is 0. The van der Waals surface area contributed by atoms with Gasteiger partial charge in [0.25, 0.3) is 0 Å². The van der Waals surface area contributed by atoms with E-state index in [9.17, 15) is 12.8 Å². The summed E-state index contributed by atoms with van der Waals surface area (Å²) in [6, 6.07) is 4.33. The Hall–Kier alpha value is -0.500. The average molecular weight is 377 g/mol. The lowest BCUT2D eigenvalue weighted by Crippen LogP contribution is -2.47. The van der Waals surface area contributed by atoms with Crippen molar-refractivity contribution in [3.63, 3.8) is 0 Å². The van der Waals surface area contributed by atoms with Crippen molar-refractivity contribution in [3.8, 4) is 0 Å². The van der Waals surface area contributed by atoms with Crippen molar-refractivity contribution in [3.05, 3.63) is 28.5 Å². The van der Waals surface area contributed by atoms with Crippen LogP contribution in [0, 0.1) is 5.82 Å². The van der Waals surface area contributed by atoms with E-state index in [0.29, 0.717) is 6.04 Å². The lowest BCUT2D eigenvalue weighted by molar-refractivity contribution is 0.176. The van der Waals surface area contributed by atoms with E-state index in [1.165, 1.54) is 18.6 Å². The predicted octanol–water partition coefficient (Wildman–Crippen LogP) is 2.49. The molecule has 4 nitrogen and oxygen atoms in total. The van der Waals surface area contributed by atoms with Crippen molar-refractivity contribution >= 4 is 26.0 Å². The van der Waals surface area contributed by atoms with Crippen LogP contribution in [0.3, 0.4) is 0 Å². The third-order valence-corrected chi connectivity index (χ3v) is 6.50. The molecule has 2 atom stereocenters. The van der Waals surface area contributed by atoms with Crippen LogP contribution < -0.4 is 4.72 Å². The van der Waals surface area contributed by atoms with Crippen LogP contribution >= 0.6 is 15.9 Å². The summed E-state index contributed by atoms with van der Waals surface area (Å²) in [6.07, 6.45) is 4.00. The molecular weight excluding hydrogens is 359 g/mol. The van der Waals surface area contributed by atoms with Crippen molar-refractivity contribution in [2.75, 3.05) is 13.1 Å². The fraction of sp³-hybridized carbons (Fsp3) is 0.571. The van der Waals surface area contributed by atoms with Gasteiger partial charge in [0, 0.05) is 12.1 Å². The number of hydrogen-bond acceptors (Lipinski definition) is 3. The molecule has 2 heterocycles. The Morgan fingerprint density at radius 1 is 1.29 bits per heavy atom. The number of fused-ring (bicyclic) bond motifs is 1. The number of nitrogens with zero attached hydrogens (tertiary/aromatic N) is 1. The maximum atomic E-state index is 13.5. The Morgan fingerprint density at radius 3 is 2.86 bits per heavy atom. The molecule has 0 amide bonds. The molecule has 0 radical (unpaired) electrons. The molecule has 0 bridgehead atoms. The minimum absolute atomic E-state index is 0.0166.